The van der Waals surface area contributed by atoms with Crippen molar-refractivity contribution in [3.8, 4) is 0 Å². The predicted octanol–water partition coefficient (Wildman–Crippen LogP) is 2.08. The lowest BCUT2D eigenvalue weighted by Gasteiger charge is -2.23. The maximum atomic E-state index is 13.0. The van der Waals surface area contributed by atoms with Gasteiger partial charge < -0.3 is 15.3 Å². The molecule has 164 valence electrons. The van der Waals surface area contributed by atoms with Crippen LogP contribution in [-0.4, -0.2) is 44.7 Å². The number of hydrogen-bond donors (Lipinski definition) is 2. The number of aromatic nitrogens is 3. The lowest BCUT2D eigenvalue weighted by molar-refractivity contribution is -0.122. The Morgan fingerprint density at radius 2 is 2.10 bits per heavy atom. The van der Waals surface area contributed by atoms with Gasteiger partial charge in [0, 0.05) is 32.7 Å². The van der Waals surface area contributed by atoms with E-state index in [1.807, 2.05) is 42.2 Å². The molecule has 3 heterocycles. The third-order valence-corrected chi connectivity index (χ3v) is 6.56. The number of aliphatic hydroxyl groups excluding tert-OH is 1. The van der Waals surface area contributed by atoms with E-state index in [1.165, 1.54) is 11.3 Å². The quantitative estimate of drug-likeness (QED) is 0.555. The minimum Gasteiger partial charge on any atom is -0.396 e. The van der Waals surface area contributed by atoms with E-state index in [9.17, 15) is 9.59 Å². The van der Waals surface area contributed by atoms with E-state index in [0.717, 1.165) is 24.9 Å². The average molecular weight is 442 g/mol. The predicted molar refractivity (Wildman–Crippen MR) is 121 cm³/mol. The highest BCUT2D eigenvalue weighted by Gasteiger charge is 2.33. The summed E-state index contributed by atoms with van der Waals surface area (Å²) < 4.78 is 1.62. The minimum atomic E-state index is -0.300. The van der Waals surface area contributed by atoms with Crippen molar-refractivity contribution in [1.29, 1.82) is 0 Å². The van der Waals surface area contributed by atoms with E-state index in [1.54, 1.807) is 4.57 Å². The second-order valence-corrected chi connectivity index (χ2v) is 8.57. The second kappa shape index (κ2) is 9.57. The highest BCUT2D eigenvalue weighted by atomic mass is 32.1. The van der Waals surface area contributed by atoms with Crippen molar-refractivity contribution in [1.82, 2.24) is 19.9 Å². The third-order valence-electron chi connectivity index (χ3n) is 5.57. The molecule has 0 saturated carbocycles. The van der Waals surface area contributed by atoms with Crippen LogP contribution in [0.5, 0.6) is 0 Å². The van der Waals surface area contributed by atoms with Gasteiger partial charge in [-0.25, -0.2) is 9.97 Å². The normalized spacial score (nSPS) is 16.2. The number of aryl methyl sites for hydroxylation is 1. The van der Waals surface area contributed by atoms with Crippen LogP contribution >= 0.6 is 11.3 Å². The van der Waals surface area contributed by atoms with Crippen LogP contribution in [0.15, 0.2) is 35.1 Å². The number of nitrogens with one attached hydrogen (secondary N) is 1. The van der Waals surface area contributed by atoms with E-state index in [0.29, 0.717) is 47.2 Å². The van der Waals surface area contributed by atoms with Gasteiger partial charge in [-0.05, 0) is 31.7 Å². The Bertz CT molecular complexity index is 1110. The molecule has 1 aromatic carbocycles. The first kappa shape index (κ1) is 21.5. The molecule has 8 nitrogen and oxygen atoms in total. The number of carbonyl (C=O) groups excluding carboxylic acids is 1. The number of hydrogen-bond acceptors (Lipinski definition) is 7. The van der Waals surface area contributed by atoms with Crippen LogP contribution < -0.4 is 15.8 Å². The van der Waals surface area contributed by atoms with Gasteiger partial charge in [0.2, 0.25) is 5.91 Å². The van der Waals surface area contributed by atoms with E-state index >= 15 is 0 Å². The Morgan fingerprint density at radius 3 is 2.84 bits per heavy atom. The summed E-state index contributed by atoms with van der Waals surface area (Å²) in [7, 11) is 0. The number of carbonyl (C=O) groups is 1. The fourth-order valence-corrected chi connectivity index (χ4v) is 5.01. The number of thiazole rings is 1. The molecule has 2 aromatic heterocycles. The summed E-state index contributed by atoms with van der Waals surface area (Å²) in [6.07, 6.45) is 2.75. The number of rotatable bonds is 8. The summed E-state index contributed by atoms with van der Waals surface area (Å²) in [5, 5.41) is 12.8. The van der Waals surface area contributed by atoms with E-state index in [4.69, 9.17) is 5.11 Å². The zero-order chi connectivity index (χ0) is 21.8. The Balaban J connectivity index is 1.57. The second-order valence-electron chi connectivity index (χ2n) is 7.61. The van der Waals surface area contributed by atoms with Crippen molar-refractivity contribution in [3.63, 3.8) is 0 Å². The van der Waals surface area contributed by atoms with Crippen LogP contribution in [0.1, 0.15) is 37.6 Å². The maximum Gasteiger partial charge on any atom is 0.281 e. The van der Waals surface area contributed by atoms with Crippen molar-refractivity contribution in [2.45, 2.75) is 51.7 Å². The Hall–Kier alpha value is -2.78. The smallest absolute Gasteiger partial charge is 0.281 e. The summed E-state index contributed by atoms with van der Waals surface area (Å²) in [5.41, 5.74) is 1.25. The van der Waals surface area contributed by atoms with Crippen LogP contribution in [-0.2, 0) is 24.3 Å². The van der Waals surface area contributed by atoms with Crippen LogP contribution in [0, 0.1) is 0 Å². The average Bonchev–Trinajstić information content (AvgIpc) is 3.44. The molecule has 1 atom stereocenters. The molecule has 0 aliphatic carbocycles. The van der Waals surface area contributed by atoms with E-state index in [2.05, 4.69) is 15.3 Å². The highest BCUT2D eigenvalue weighted by molar-refractivity contribution is 7.21. The molecule has 4 rings (SSSR count). The monoisotopic (exact) mass is 441 g/mol. The van der Waals surface area contributed by atoms with Gasteiger partial charge in [0.25, 0.3) is 5.56 Å². The van der Waals surface area contributed by atoms with E-state index < -0.39 is 0 Å². The van der Waals surface area contributed by atoms with Crippen molar-refractivity contribution in [2.24, 2.45) is 0 Å². The zero-order valence-corrected chi connectivity index (χ0v) is 18.4. The molecule has 1 aliphatic heterocycles. The molecular weight excluding hydrogens is 414 g/mol. The molecule has 3 aromatic rings. The Morgan fingerprint density at radius 1 is 1.29 bits per heavy atom. The van der Waals surface area contributed by atoms with Gasteiger partial charge in [-0.15, -0.1) is 0 Å². The summed E-state index contributed by atoms with van der Waals surface area (Å²) >= 11 is 1.36. The largest absolute Gasteiger partial charge is 0.396 e. The molecule has 0 bridgehead atoms. The van der Waals surface area contributed by atoms with Crippen molar-refractivity contribution < 1.29 is 9.90 Å². The van der Waals surface area contributed by atoms with Crippen LogP contribution in [0.2, 0.25) is 0 Å². The Kier molecular flexibility index (Phi) is 6.62. The number of amides is 1. The summed E-state index contributed by atoms with van der Waals surface area (Å²) in [6, 6.07) is 9.53. The topological polar surface area (TPSA) is 100 Å². The molecule has 0 unspecified atom stereocenters. The van der Waals surface area contributed by atoms with Gasteiger partial charge in [0.15, 0.2) is 15.5 Å². The SMILES string of the molecule is CCn1c(CCCO)nc2sc(N3CCC[C@@H]3C(=O)NCc3ccccc3)nc2c1=O. The van der Waals surface area contributed by atoms with Gasteiger partial charge in [-0.3, -0.25) is 14.2 Å². The van der Waals surface area contributed by atoms with Crippen molar-refractivity contribution in [2.75, 3.05) is 18.1 Å². The summed E-state index contributed by atoms with van der Waals surface area (Å²) in [4.78, 5) is 37.7. The van der Waals surface area contributed by atoms with Gasteiger partial charge in [-0.1, -0.05) is 41.7 Å². The first-order valence-electron chi connectivity index (χ1n) is 10.7. The summed E-state index contributed by atoms with van der Waals surface area (Å²) in [6.45, 7) is 3.67. The number of aliphatic hydroxyl groups is 1. The standard InChI is InChI=1S/C22H27N5O3S/c1-2-26-17(11-7-13-28)24-20-18(21(26)30)25-22(31-20)27-12-6-10-16(27)19(29)23-14-15-8-4-3-5-9-15/h3-5,8-9,16,28H,2,6-7,10-14H2,1H3,(H,23,29)/t16-/m1/s1. The number of fused-ring (bicyclic) bond motifs is 1. The fourth-order valence-electron chi connectivity index (χ4n) is 3.99. The maximum absolute atomic E-state index is 13.0. The van der Waals surface area contributed by atoms with Gasteiger partial charge in [0.1, 0.15) is 11.9 Å². The molecule has 1 saturated heterocycles. The Labute approximate surface area is 184 Å². The number of benzene rings is 1. The molecule has 1 aliphatic rings. The first-order valence-corrected chi connectivity index (χ1v) is 11.5. The number of nitrogens with zero attached hydrogens (tertiary/aromatic N) is 4. The molecule has 0 spiro atoms. The number of anilines is 1. The van der Waals surface area contributed by atoms with Crippen LogP contribution in [0.25, 0.3) is 10.3 Å². The van der Waals surface area contributed by atoms with Crippen LogP contribution in [0.3, 0.4) is 0 Å². The highest BCUT2D eigenvalue weighted by Crippen LogP contribution is 2.32. The van der Waals surface area contributed by atoms with Gasteiger partial charge in [0.05, 0.1) is 0 Å². The first-order chi connectivity index (χ1) is 15.1. The van der Waals surface area contributed by atoms with Crippen molar-refractivity contribution >= 4 is 32.7 Å². The zero-order valence-electron chi connectivity index (χ0n) is 17.6. The lowest BCUT2D eigenvalue weighted by atomic mass is 10.2. The fraction of sp³-hybridized carbons (Fsp3) is 0.455. The lowest BCUT2D eigenvalue weighted by Crippen LogP contribution is -2.43. The molecule has 1 fully saturated rings. The van der Waals surface area contributed by atoms with Gasteiger partial charge in [-0.2, -0.15) is 0 Å². The minimum absolute atomic E-state index is 0.0248. The molecule has 0 radical (unpaired) electrons. The molecule has 31 heavy (non-hydrogen) atoms. The van der Waals surface area contributed by atoms with Gasteiger partial charge >= 0.3 is 0 Å². The van der Waals surface area contributed by atoms with Crippen molar-refractivity contribution in [3.05, 3.63) is 52.1 Å². The van der Waals surface area contributed by atoms with E-state index in [-0.39, 0.29) is 24.1 Å². The molecule has 9 heteroatoms. The third kappa shape index (κ3) is 4.47. The molecular formula is C22H27N5O3S. The summed E-state index contributed by atoms with van der Waals surface area (Å²) in [5.74, 6) is 0.644. The van der Waals surface area contributed by atoms with Crippen LogP contribution in [0.4, 0.5) is 5.13 Å². The molecule has 1 amide bonds. The molecule has 2 N–H and O–H groups in total.